The first-order valence-electron chi connectivity index (χ1n) is 8.98. The molecule has 0 atom stereocenters. The monoisotopic (exact) mass is 351 g/mol. The van der Waals surface area contributed by atoms with Gasteiger partial charge < -0.3 is 15.5 Å². The Morgan fingerprint density at radius 2 is 1.77 bits per heavy atom. The van der Waals surface area contributed by atoms with Gasteiger partial charge in [0.15, 0.2) is 0 Å². The van der Waals surface area contributed by atoms with Crippen molar-refractivity contribution < 1.29 is 9.59 Å². The molecule has 2 aromatic carbocycles. The normalized spacial score (nSPS) is 13.3. The fourth-order valence-corrected chi connectivity index (χ4v) is 2.98. The van der Waals surface area contributed by atoms with E-state index in [1.54, 1.807) is 0 Å². The summed E-state index contributed by atoms with van der Waals surface area (Å²) in [6.45, 7) is 6.95. The molecule has 0 saturated carbocycles. The van der Waals surface area contributed by atoms with Crippen LogP contribution in [0.4, 0.5) is 16.2 Å². The molecule has 0 fully saturated rings. The predicted molar refractivity (Wildman–Crippen MR) is 104 cm³/mol. The van der Waals surface area contributed by atoms with Crippen molar-refractivity contribution in [3.63, 3.8) is 0 Å². The molecule has 2 N–H and O–H groups in total. The maximum Gasteiger partial charge on any atom is 0.322 e. The van der Waals surface area contributed by atoms with Gasteiger partial charge in [0, 0.05) is 30.4 Å². The Morgan fingerprint density at radius 1 is 1.04 bits per heavy atom. The summed E-state index contributed by atoms with van der Waals surface area (Å²) in [5.41, 5.74) is 4.87. The van der Waals surface area contributed by atoms with Crippen molar-refractivity contribution in [1.82, 2.24) is 4.90 Å². The molecular weight excluding hydrogens is 326 g/mol. The number of urea groups is 1. The first-order chi connectivity index (χ1) is 12.4. The number of amides is 3. The molecule has 5 nitrogen and oxygen atoms in total. The van der Waals surface area contributed by atoms with Crippen LogP contribution in [0.1, 0.15) is 30.5 Å². The van der Waals surface area contributed by atoms with Crippen molar-refractivity contribution in [3.05, 3.63) is 59.2 Å². The highest BCUT2D eigenvalue weighted by atomic mass is 16.2. The van der Waals surface area contributed by atoms with Crippen LogP contribution in [0.25, 0.3) is 0 Å². The van der Waals surface area contributed by atoms with Gasteiger partial charge in [0.1, 0.15) is 0 Å². The molecule has 3 rings (SSSR count). The van der Waals surface area contributed by atoms with E-state index >= 15 is 0 Å². The number of fused-ring (bicyclic) bond motifs is 1. The Bertz CT molecular complexity index is 830. The van der Waals surface area contributed by atoms with E-state index in [1.807, 2.05) is 56.0 Å². The van der Waals surface area contributed by atoms with Gasteiger partial charge in [-0.1, -0.05) is 44.2 Å². The summed E-state index contributed by atoms with van der Waals surface area (Å²) in [5, 5.41) is 5.86. The van der Waals surface area contributed by atoms with Gasteiger partial charge in [-0.3, -0.25) is 4.79 Å². The number of carbonyl (C=O) groups is 2. The van der Waals surface area contributed by atoms with E-state index in [-0.39, 0.29) is 17.9 Å². The van der Waals surface area contributed by atoms with E-state index in [2.05, 4.69) is 22.8 Å². The Hall–Kier alpha value is -2.82. The Morgan fingerprint density at radius 3 is 2.50 bits per heavy atom. The number of rotatable bonds is 3. The molecule has 0 radical (unpaired) electrons. The van der Waals surface area contributed by atoms with Gasteiger partial charge in [-0.2, -0.15) is 0 Å². The summed E-state index contributed by atoms with van der Waals surface area (Å²) in [6, 6.07) is 13.7. The maximum absolute atomic E-state index is 12.7. The molecule has 1 aliphatic rings. The van der Waals surface area contributed by atoms with E-state index in [4.69, 9.17) is 0 Å². The minimum absolute atomic E-state index is 0.0428. The Labute approximate surface area is 154 Å². The zero-order chi connectivity index (χ0) is 18.7. The number of aryl methyl sites for hydroxylation is 1. The largest absolute Gasteiger partial charge is 0.326 e. The van der Waals surface area contributed by atoms with Gasteiger partial charge in [-0.15, -0.1) is 0 Å². The van der Waals surface area contributed by atoms with Crippen molar-refractivity contribution in [2.75, 3.05) is 17.2 Å². The summed E-state index contributed by atoms with van der Waals surface area (Å²) in [6.07, 6.45) is 0.868. The topological polar surface area (TPSA) is 61.4 Å². The molecular formula is C21H25N3O2. The molecule has 5 heteroatoms. The fourth-order valence-electron chi connectivity index (χ4n) is 2.98. The summed E-state index contributed by atoms with van der Waals surface area (Å²) in [4.78, 5) is 26.4. The molecule has 0 aliphatic carbocycles. The third kappa shape index (κ3) is 4.04. The number of nitrogens with one attached hydrogen (secondary N) is 2. The molecule has 136 valence electrons. The summed E-state index contributed by atoms with van der Waals surface area (Å²) >= 11 is 0. The van der Waals surface area contributed by atoms with Gasteiger partial charge in [0.25, 0.3) is 0 Å². The lowest BCUT2D eigenvalue weighted by Crippen LogP contribution is -2.39. The lowest BCUT2D eigenvalue weighted by Gasteiger charge is -2.29. The van der Waals surface area contributed by atoms with Crippen molar-refractivity contribution in [2.45, 2.75) is 33.7 Å². The summed E-state index contributed by atoms with van der Waals surface area (Å²) < 4.78 is 0. The van der Waals surface area contributed by atoms with Gasteiger partial charge in [-0.05, 0) is 42.2 Å². The molecule has 26 heavy (non-hydrogen) atoms. The third-order valence-corrected chi connectivity index (χ3v) is 4.69. The number of hydrogen-bond acceptors (Lipinski definition) is 2. The summed E-state index contributed by atoms with van der Waals surface area (Å²) in [5.74, 6) is -0.137. The number of anilines is 2. The predicted octanol–water partition coefficient (Wildman–Crippen LogP) is 4.18. The molecule has 3 amide bonds. The smallest absolute Gasteiger partial charge is 0.322 e. The lowest BCUT2D eigenvalue weighted by molar-refractivity contribution is -0.118. The molecule has 0 bridgehead atoms. The highest BCUT2D eigenvalue weighted by Crippen LogP contribution is 2.23. The lowest BCUT2D eigenvalue weighted by atomic mass is 10.0. The van der Waals surface area contributed by atoms with Crippen LogP contribution in [0, 0.1) is 12.8 Å². The molecule has 2 aromatic rings. The highest BCUT2D eigenvalue weighted by molar-refractivity contribution is 5.95. The van der Waals surface area contributed by atoms with E-state index in [9.17, 15) is 9.59 Å². The number of nitrogens with zero attached hydrogens (tertiary/aromatic N) is 1. The van der Waals surface area contributed by atoms with Crippen LogP contribution in [0.15, 0.2) is 42.5 Å². The standard InChI is InChI=1S/C21H25N3O2/c1-14(2)20(25)22-18-9-8-15(3)19(12-18)23-21(26)24-11-10-16-6-4-5-7-17(16)13-24/h4-9,12,14H,10-11,13H2,1-3H3,(H,22,25)(H,23,26). The Balaban J connectivity index is 1.70. The van der Waals surface area contributed by atoms with Gasteiger partial charge in [-0.25, -0.2) is 4.79 Å². The number of carbonyl (C=O) groups excluding carboxylic acids is 2. The van der Waals surface area contributed by atoms with Crippen molar-refractivity contribution in [1.29, 1.82) is 0 Å². The molecule has 0 saturated heterocycles. The molecule has 0 unspecified atom stereocenters. The van der Waals surface area contributed by atoms with Crippen LogP contribution in [-0.4, -0.2) is 23.4 Å². The average Bonchev–Trinajstić information content (AvgIpc) is 2.63. The highest BCUT2D eigenvalue weighted by Gasteiger charge is 2.21. The Kier molecular flexibility index (Phi) is 5.26. The van der Waals surface area contributed by atoms with Gasteiger partial charge in [0.2, 0.25) is 5.91 Å². The van der Waals surface area contributed by atoms with Crippen LogP contribution in [0.2, 0.25) is 0 Å². The van der Waals surface area contributed by atoms with Crippen molar-refractivity contribution in [2.24, 2.45) is 5.92 Å². The maximum atomic E-state index is 12.7. The van der Waals surface area contributed by atoms with E-state index in [0.29, 0.717) is 18.8 Å². The van der Waals surface area contributed by atoms with Crippen LogP contribution in [-0.2, 0) is 17.8 Å². The van der Waals surface area contributed by atoms with Crippen LogP contribution >= 0.6 is 0 Å². The SMILES string of the molecule is Cc1ccc(NC(=O)C(C)C)cc1NC(=O)N1CCc2ccccc2C1. The van der Waals surface area contributed by atoms with Gasteiger partial charge >= 0.3 is 6.03 Å². The first kappa shape index (κ1) is 18.0. The van der Waals surface area contributed by atoms with E-state index in [0.717, 1.165) is 17.7 Å². The second kappa shape index (κ2) is 7.60. The first-order valence-corrected chi connectivity index (χ1v) is 8.98. The van der Waals surface area contributed by atoms with Crippen LogP contribution < -0.4 is 10.6 Å². The number of hydrogen-bond donors (Lipinski definition) is 2. The molecule has 0 spiro atoms. The number of benzene rings is 2. The minimum Gasteiger partial charge on any atom is -0.326 e. The van der Waals surface area contributed by atoms with E-state index < -0.39 is 0 Å². The molecule has 1 heterocycles. The minimum atomic E-state index is -0.116. The summed E-state index contributed by atoms with van der Waals surface area (Å²) in [7, 11) is 0. The van der Waals surface area contributed by atoms with Gasteiger partial charge in [0.05, 0.1) is 0 Å². The average molecular weight is 351 g/mol. The zero-order valence-electron chi connectivity index (χ0n) is 15.5. The zero-order valence-corrected chi connectivity index (χ0v) is 15.5. The van der Waals surface area contributed by atoms with Crippen LogP contribution in [0.5, 0.6) is 0 Å². The van der Waals surface area contributed by atoms with Crippen molar-refractivity contribution >= 4 is 23.3 Å². The third-order valence-electron chi connectivity index (χ3n) is 4.69. The van der Waals surface area contributed by atoms with Crippen LogP contribution in [0.3, 0.4) is 0 Å². The fraction of sp³-hybridized carbons (Fsp3) is 0.333. The second-order valence-electron chi connectivity index (χ2n) is 7.04. The quantitative estimate of drug-likeness (QED) is 0.871. The van der Waals surface area contributed by atoms with E-state index in [1.165, 1.54) is 11.1 Å². The molecule has 1 aliphatic heterocycles. The van der Waals surface area contributed by atoms with Crippen molar-refractivity contribution in [3.8, 4) is 0 Å². The molecule has 0 aromatic heterocycles. The second-order valence-corrected chi connectivity index (χ2v) is 7.04.